The molecule has 7 heteroatoms. The van der Waals surface area contributed by atoms with Crippen LogP contribution < -0.4 is 4.72 Å². The van der Waals surface area contributed by atoms with Crippen molar-refractivity contribution in [2.75, 3.05) is 19.5 Å². The minimum absolute atomic E-state index is 0.184. The maximum absolute atomic E-state index is 12.1. The van der Waals surface area contributed by atoms with Gasteiger partial charge in [-0.2, -0.15) is 0 Å². The summed E-state index contributed by atoms with van der Waals surface area (Å²) in [6.07, 6.45) is 2.28. The maximum Gasteiger partial charge on any atom is 0.264 e. The van der Waals surface area contributed by atoms with Gasteiger partial charge in [0, 0.05) is 19.3 Å². The Morgan fingerprint density at radius 2 is 2.23 bits per heavy atom. The normalized spacial score (nSPS) is 18.9. The van der Waals surface area contributed by atoms with E-state index in [9.17, 15) is 13.2 Å². The van der Waals surface area contributed by atoms with Crippen LogP contribution in [0.1, 0.15) is 35.2 Å². The predicted molar refractivity (Wildman–Crippen MR) is 82.0 cm³/mol. The minimum Gasteiger partial charge on any atom is -0.380 e. The second kappa shape index (κ2) is 7.71. The lowest BCUT2D eigenvalue weighted by atomic mass is 10.1. The highest BCUT2D eigenvalue weighted by Gasteiger charge is 2.24. The highest BCUT2D eigenvalue weighted by Crippen LogP contribution is 2.14. The van der Waals surface area contributed by atoms with Crippen LogP contribution in [0.3, 0.4) is 0 Å². The van der Waals surface area contributed by atoms with Crippen LogP contribution >= 0.6 is 0 Å². The van der Waals surface area contributed by atoms with Crippen molar-refractivity contribution >= 4 is 15.9 Å². The Kier molecular flexibility index (Phi) is 5.93. The molecule has 1 aliphatic rings. The van der Waals surface area contributed by atoms with Crippen LogP contribution in [0.4, 0.5) is 0 Å². The van der Waals surface area contributed by atoms with Crippen LogP contribution in [0.25, 0.3) is 0 Å². The van der Waals surface area contributed by atoms with E-state index in [-0.39, 0.29) is 11.9 Å². The van der Waals surface area contributed by atoms with E-state index in [4.69, 9.17) is 9.47 Å². The quantitative estimate of drug-likeness (QED) is 0.855. The first-order valence-electron chi connectivity index (χ1n) is 7.24. The molecule has 6 nitrogen and oxygen atoms in total. The number of methoxy groups -OCH3 is 1. The summed E-state index contributed by atoms with van der Waals surface area (Å²) in [7, 11) is -2.15. The van der Waals surface area contributed by atoms with E-state index >= 15 is 0 Å². The fourth-order valence-corrected chi connectivity index (χ4v) is 3.63. The summed E-state index contributed by atoms with van der Waals surface area (Å²) >= 11 is 0. The summed E-state index contributed by atoms with van der Waals surface area (Å²) in [5.74, 6) is -0.815. The Hall–Kier alpha value is -1.44. The molecule has 1 atom stereocenters. The fourth-order valence-electron chi connectivity index (χ4n) is 2.39. The van der Waals surface area contributed by atoms with E-state index in [1.807, 2.05) is 6.07 Å². The molecule has 22 heavy (non-hydrogen) atoms. The molecule has 0 aliphatic carbocycles. The second-order valence-electron chi connectivity index (χ2n) is 5.33. The first-order valence-corrected chi connectivity index (χ1v) is 8.90. The lowest BCUT2D eigenvalue weighted by Crippen LogP contribution is -2.38. The zero-order chi connectivity index (χ0) is 16.0. The van der Waals surface area contributed by atoms with Crippen molar-refractivity contribution in [2.24, 2.45) is 0 Å². The first-order chi connectivity index (χ1) is 10.5. The summed E-state index contributed by atoms with van der Waals surface area (Å²) in [6.45, 7) is 0.941. The Morgan fingerprint density at radius 1 is 1.41 bits per heavy atom. The van der Waals surface area contributed by atoms with Gasteiger partial charge in [-0.25, -0.2) is 13.1 Å². The van der Waals surface area contributed by atoms with Crippen LogP contribution in [-0.2, 0) is 26.1 Å². The van der Waals surface area contributed by atoms with E-state index in [0.717, 1.165) is 18.4 Å². The standard InChI is InChI=1S/C15H21NO5S/c1-20-10-12-5-4-6-13(9-12)15(17)16-22(18,19)11-14-7-2-3-8-21-14/h4-6,9,14H,2-3,7-8,10-11H2,1H3,(H,16,17)/t14-/m0/s1. The molecule has 1 N–H and O–H groups in total. The predicted octanol–water partition coefficient (Wildman–Crippen LogP) is 1.46. The van der Waals surface area contributed by atoms with Crippen molar-refractivity contribution in [1.82, 2.24) is 4.72 Å². The van der Waals surface area contributed by atoms with Crippen LogP contribution in [0.5, 0.6) is 0 Å². The Morgan fingerprint density at radius 3 is 2.91 bits per heavy atom. The Labute approximate surface area is 130 Å². The molecule has 122 valence electrons. The summed E-state index contributed by atoms with van der Waals surface area (Å²) < 4.78 is 36.6. The summed E-state index contributed by atoms with van der Waals surface area (Å²) in [4.78, 5) is 12.1. The molecule has 0 saturated carbocycles. The summed E-state index contributed by atoms with van der Waals surface area (Å²) in [5, 5.41) is 0. The van der Waals surface area contributed by atoms with Gasteiger partial charge in [0.05, 0.1) is 18.5 Å². The molecule has 1 amide bonds. The maximum atomic E-state index is 12.1. The molecular weight excluding hydrogens is 306 g/mol. The molecule has 0 radical (unpaired) electrons. The van der Waals surface area contributed by atoms with Crippen LogP contribution in [0.15, 0.2) is 24.3 Å². The van der Waals surface area contributed by atoms with E-state index in [1.54, 1.807) is 25.3 Å². The molecule has 2 rings (SSSR count). The third kappa shape index (κ3) is 5.08. The number of sulfonamides is 1. The highest BCUT2D eigenvalue weighted by molar-refractivity contribution is 7.90. The van der Waals surface area contributed by atoms with Gasteiger partial charge in [0.15, 0.2) is 0 Å². The van der Waals surface area contributed by atoms with Gasteiger partial charge >= 0.3 is 0 Å². The largest absolute Gasteiger partial charge is 0.380 e. The number of carbonyl (C=O) groups excluding carboxylic acids is 1. The van der Waals surface area contributed by atoms with Gasteiger partial charge in [-0.05, 0) is 37.0 Å². The number of rotatable bonds is 6. The monoisotopic (exact) mass is 327 g/mol. The van der Waals surface area contributed by atoms with Crippen molar-refractivity contribution < 1.29 is 22.7 Å². The average molecular weight is 327 g/mol. The van der Waals surface area contributed by atoms with Crippen LogP contribution in [0.2, 0.25) is 0 Å². The molecule has 0 unspecified atom stereocenters. The molecule has 0 spiro atoms. The Bertz CT molecular complexity index is 608. The molecule has 1 fully saturated rings. The zero-order valence-corrected chi connectivity index (χ0v) is 13.4. The van der Waals surface area contributed by atoms with Crippen LogP contribution in [-0.4, -0.2) is 39.9 Å². The third-order valence-electron chi connectivity index (χ3n) is 3.43. The fraction of sp³-hybridized carbons (Fsp3) is 0.533. The molecule has 1 aromatic carbocycles. The van der Waals surface area contributed by atoms with Crippen molar-refractivity contribution in [2.45, 2.75) is 32.0 Å². The average Bonchev–Trinajstić information content (AvgIpc) is 2.48. The van der Waals surface area contributed by atoms with Gasteiger partial charge in [-0.1, -0.05) is 12.1 Å². The van der Waals surface area contributed by atoms with E-state index in [0.29, 0.717) is 25.2 Å². The SMILES string of the molecule is COCc1cccc(C(=O)NS(=O)(=O)C[C@@H]2CCCCO2)c1. The van der Waals surface area contributed by atoms with Gasteiger partial charge in [0.1, 0.15) is 0 Å². The zero-order valence-electron chi connectivity index (χ0n) is 12.6. The van der Waals surface area contributed by atoms with Crippen molar-refractivity contribution in [3.05, 3.63) is 35.4 Å². The molecule has 0 bridgehead atoms. The lowest BCUT2D eigenvalue weighted by molar-refractivity contribution is 0.0304. The van der Waals surface area contributed by atoms with Crippen molar-refractivity contribution in [1.29, 1.82) is 0 Å². The molecular formula is C15H21NO5S. The molecule has 1 saturated heterocycles. The van der Waals surface area contributed by atoms with Gasteiger partial charge < -0.3 is 9.47 Å². The number of hydrogen-bond acceptors (Lipinski definition) is 5. The minimum atomic E-state index is -3.71. The van der Waals surface area contributed by atoms with Gasteiger partial charge in [0.2, 0.25) is 10.0 Å². The van der Waals surface area contributed by atoms with Gasteiger partial charge in [0.25, 0.3) is 5.91 Å². The first kappa shape index (κ1) is 16.9. The van der Waals surface area contributed by atoms with Gasteiger partial charge in [-0.15, -0.1) is 0 Å². The lowest BCUT2D eigenvalue weighted by Gasteiger charge is -2.22. The molecule has 1 heterocycles. The number of hydrogen-bond donors (Lipinski definition) is 1. The number of nitrogens with one attached hydrogen (secondary N) is 1. The smallest absolute Gasteiger partial charge is 0.264 e. The van der Waals surface area contributed by atoms with Gasteiger partial charge in [-0.3, -0.25) is 4.79 Å². The van der Waals surface area contributed by atoms with Crippen molar-refractivity contribution in [3.63, 3.8) is 0 Å². The Balaban J connectivity index is 1.99. The number of carbonyl (C=O) groups is 1. The topological polar surface area (TPSA) is 81.7 Å². The van der Waals surface area contributed by atoms with E-state index in [2.05, 4.69) is 4.72 Å². The highest BCUT2D eigenvalue weighted by atomic mass is 32.2. The summed E-state index contributed by atoms with van der Waals surface area (Å²) in [6, 6.07) is 6.69. The van der Waals surface area contributed by atoms with Crippen LogP contribution in [0, 0.1) is 0 Å². The number of amides is 1. The summed E-state index contributed by atoms with van der Waals surface area (Å²) in [5.41, 5.74) is 1.10. The van der Waals surface area contributed by atoms with E-state index in [1.165, 1.54) is 0 Å². The second-order valence-corrected chi connectivity index (χ2v) is 7.10. The third-order valence-corrected chi connectivity index (χ3v) is 4.73. The van der Waals surface area contributed by atoms with Crippen molar-refractivity contribution in [3.8, 4) is 0 Å². The molecule has 1 aliphatic heterocycles. The number of ether oxygens (including phenoxy) is 2. The molecule has 1 aromatic rings. The molecule has 0 aromatic heterocycles. The number of benzene rings is 1. The van der Waals surface area contributed by atoms with E-state index < -0.39 is 15.9 Å².